The van der Waals surface area contributed by atoms with Crippen LogP contribution in [0, 0.1) is 26.2 Å². The number of rotatable bonds is 1. The lowest BCUT2D eigenvalue weighted by Crippen LogP contribution is -1.83. The summed E-state index contributed by atoms with van der Waals surface area (Å²) in [5.41, 5.74) is 0.973. The van der Waals surface area contributed by atoms with Gasteiger partial charge in [0.2, 0.25) is 0 Å². The molecule has 0 heterocycles. The predicted molar refractivity (Wildman–Crippen MR) is 66.1 cm³/mol. The van der Waals surface area contributed by atoms with E-state index in [4.69, 9.17) is 10.5 Å². The molecule has 0 spiro atoms. The maximum Gasteiger partial charge on any atom is 0.130 e. The van der Waals surface area contributed by atoms with Crippen LogP contribution < -0.4 is 0 Å². The van der Waals surface area contributed by atoms with Gasteiger partial charge in [-0.15, -0.1) is 0 Å². The Morgan fingerprint density at radius 3 is 2.50 bits per heavy atom. The molecule has 14 heavy (non-hydrogen) atoms. The molecule has 0 fully saturated rings. The van der Waals surface area contributed by atoms with E-state index in [0.717, 1.165) is 13.6 Å². The zero-order valence-corrected chi connectivity index (χ0v) is 10.7. The highest BCUT2D eigenvalue weighted by atomic mass is 127. The Labute approximate surface area is 104 Å². The van der Waals surface area contributed by atoms with Crippen molar-refractivity contribution in [3.05, 3.63) is 37.4 Å². The molecule has 0 aliphatic carbocycles. The van der Waals surface area contributed by atoms with Crippen LogP contribution in [-0.4, -0.2) is 0 Å². The molecule has 1 aromatic rings. The van der Waals surface area contributed by atoms with Crippen LogP contribution in [0.15, 0.2) is 28.2 Å². The summed E-state index contributed by atoms with van der Waals surface area (Å²) in [4.78, 5) is 0. The van der Waals surface area contributed by atoms with Crippen LogP contribution in [0.1, 0.15) is 5.56 Å². The molecule has 0 aliphatic rings. The van der Waals surface area contributed by atoms with Gasteiger partial charge in [0.25, 0.3) is 0 Å². The van der Waals surface area contributed by atoms with Crippen LogP contribution in [0.4, 0.5) is 0 Å². The van der Waals surface area contributed by atoms with E-state index in [-0.39, 0.29) is 5.57 Å². The number of hydrogen-bond donors (Lipinski definition) is 0. The largest absolute Gasteiger partial charge is 0.192 e. The second-order valence-electron chi connectivity index (χ2n) is 2.42. The third-order valence-corrected chi connectivity index (χ3v) is 3.16. The molecule has 0 bridgehead atoms. The van der Waals surface area contributed by atoms with Crippen LogP contribution >= 0.6 is 38.5 Å². The first-order chi connectivity index (χ1) is 6.69. The summed E-state index contributed by atoms with van der Waals surface area (Å²) in [6.45, 7) is 0. The summed E-state index contributed by atoms with van der Waals surface area (Å²) < 4.78 is 1.88. The number of nitriles is 2. The first-order valence-corrected chi connectivity index (χ1v) is 5.52. The molecule has 0 unspecified atom stereocenters. The highest BCUT2D eigenvalue weighted by Gasteiger charge is 2.02. The summed E-state index contributed by atoms with van der Waals surface area (Å²) in [6.07, 6.45) is 1.58. The molecule has 0 amide bonds. The van der Waals surface area contributed by atoms with Crippen LogP contribution in [0.3, 0.4) is 0 Å². The average molecular weight is 359 g/mol. The minimum Gasteiger partial charge on any atom is -0.192 e. The molecule has 4 heteroatoms. The predicted octanol–water partition coefficient (Wildman–Crippen LogP) is 3.48. The van der Waals surface area contributed by atoms with Crippen LogP contribution in [-0.2, 0) is 0 Å². The summed E-state index contributed by atoms with van der Waals surface area (Å²) >= 11 is 5.52. The standard InChI is InChI=1S/C10H4BrIN2/c11-9-2-1-3-10(12)8(9)4-7(5-13)6-14/h1-4H. The Kier molecular flexibility index (Phi) is 4.12. The minimum atomic E-state index is 0.106. The average Bonchev–Trinajstić information content (AvgIpc) is 2.18. The van der Waals surface area contributed by atoms with Gasteiger partial charge in [-0.1, -0.05) is 22.0 Å². The molecule has 0 saturated carbocycles. The Balaban J connectivity index is 3.30. The zero-order valence-electron chi connectivity index (χ0n) is 6.96. The highest BCUT2D eigenvalue weighted by molar-refractivity contribution is 14.1. The molecular formula is C10H4BrIN2. The number of nitrogens with zero attached hydrogens (tertiary/aromatic N) is 2. The van der Waals surface area contributed by atoms with Gasteiger partial charge in [0.05, 0.1) is 0 Å². The molecule has 0 atom stereocenters. The van der Waals surface area contributed by atoms with Crippen molar-refractivity contribution in [3.8, 4) is 12.1 Å². The summed E-state index contributed by atoms with van der Waals surface area (Å²) in [7, 11) is 0. The van der Waals surface area contributed by atoms with Crippen molar-refractivity contribution in [1.82, 2.24) is 0 Å². The summed E-state index contributed by atoms with van der Waals surface area (Å²) in [5.74, 6) is 0. The second kappa shape index (κ2) is 5.14. The van der Waals surface area contributed by atoms with E-state index in [9.17, 15) is 0 Å². The molecule has 0 radical (unpaired) electrons. The van der Waals surface area contributed by atoms with Gasteiger partial charge in [-0.3, -0.25) is 0 Å². The molecule has 1 aromatic carbocycles. The second-order valence-corrected chi connectivity index (χ2v) is 4.43. The molecular weight excluding hydrogens is 355 g/mol. The monoisotopic (exact) mass is 358 g/mol. The van der Waals surface area contributed by atoms with Crippen molar-refractivity contribution in [2.75, 3.05) is 0 Å². The Morgan fingerprint density at radius 1 is 1.36 bits per heavy atom. The summed E-state index contributed by atoms with van der Waals surface area (Å²) in [6, 6.07) is 9.36. The van der Waals surface area contributed by atoms with Gasteiger partial charge in [-0.25, -0.2) is 0 Å². The quantitative estimate of drug-likeness (QED) is 0.570. The first-order valence-electron chi connectivity index (χ1n) is 3.65. The third-order valence-electron chi connectivity index (χ3n) is 1.53. The maximum absolute atomic E-state index is 8.61. The van der Waals surface area contributed by atoms with Gasteiger partial charge in [0, 0.05) is 13.6 Å². The van der Waals surface area contributed by atoms with Gasteiger partial charge in [0.15, 0.2) is 0 Å². The molecule has 1 rings (SSSR count). The molecule has 2 nitrogen and oxygen atoms in total. The number of allylic oxidation sites excluding steroid dienone is 1. The molecule has 0 aromatic heterocycles. The topological polar surface area (TPSA) is 47.6 Å². The van der Waals surface area contributed by atoms with E-state index in [1.165, 1.54) is 0 Å². The molecule has 0 saturated heterocycles. The van der Waals surface area contributed by atoms with E-state index >= 15 is 0 Å². The lowest BCUT2D eigenvalue weighted by atomic mass is 10.1. The Morgan fingerprint density at radius 2 is 2.00 bits per heavy atom. The minimum absolute atomic E-state index is 0.106. The lowest BCUT2D eigenvalue weighted by molar-refractivity contribution is 1.46. The smallest absolute Gasteiger partial charge is 0.130 e. The van der Waals surface area contributed by atoms with Crippen molar-refractivity contribution in [2.24, 2.45) is 0 Å². The van der Waals surface area contributed by atoms with Crippen LogP contribution in [0.5, 0.6) is 0 Å². The van der Waals surface area contributed by atoms with Crippen molar-refractivity contribution >= 4 is 44.6 Å². The maximum atomic E-state index is 8.61. The molecule has 0 N–H and O–H groups in total. The molecule has 0 aliphatic heterocycles. The van der Waals surface area contributed by atoms with Gasteiger partial charge in [0.1, 0.15) is 17.7 Å². The van der Waals surface area contributed by atoms with Crippen LogP contribution in [0.25, 0.3) is 6.08 Å². The SMILES string of the molecule is N#CC(C#N)=Cc1c(Br)cccc1I. The van der Waals surface area contributed by atoms with Gasteiger partial charge < -0.3 is 0 Å². The third kappa shape index (κ3) is 2.57. The summed E-state index contributed by atoms with van der Waals surface area (Å²) in [5, 5.41) is 17.2. The normalized spacial score (nSPS) is 8.57. The van der Waals surface area contributed by atoms with Crippen molar-refractivity contribution in [3.63, 3.8) is 0 Å². The molecule has 68 valence electrons. The van der Waals surface area contributed by atoms with Crippen molar-refractivity contribution < 1.29 is 0 Å². The zero-order chi connectivity index (χ0) is 10.6. The highest BCUT2D eigenvalue weighted by Crippen LogP contribution is 2.24. The fraction of sp³-hybridized carbons (Fsp3) is 0. The van der Waals surface area contributed by atoms with E-state index < -0.39 is 0 Å². The first kappa shape index (κ1) is 11.2. The number of hydrogen-bond acceptors (Lipinski definition) is 2. The van der Waals surface area contributed by atoms with Crippen LogP contribution in [0.2, 0.25) is 0 Å². The number of halogens is 2. The number of benzene rings is 1. The van der Waals surface area contributed by atoms with Gasteiger partial charge in [-0.2, -0.15) is 10.5 Å². The fourth-order valence-corrected chi connectivity index (χ4v) is 2.39. The van der Waals surface area contributed by atoms with Crippen molar-refractivity contribution in [1.29, 1.82) is 10.5 Å². The van der Waals surface area contributed by atoms with E-state index in [1.807, 2.05) is 30.3 Å². The van der Waals surface area contributed by atoms with E-state index in [2.05, 4.69) is 38.5 Å². The van der Waals surface area contributed by atoms with E-state index in [0.29, 0.717) is 0 Å². The van der Waals surface area contributed by atoms with Gasteiger partial charge in [-0.05, 0) is 40.8 Å². The van der Waals surface area contributed by atoms with Crippen molar-refractivity contribution in [2.45, 2.75) is 0 Å². The Hall–Kier alpha value is -0.850. The van der Waals surface area contributed by atoms with Gasteiger partial charge >= 0.3 is 0 Å². The fourth-order valence-electron chi connectivity index (χ4n) is 0.882. The Bertz CT molecular complexity index is 430. The van der Waals surface area contributed by atoms with E-state index in [1.54, 1.807) is 6.08 Å². The lowest BCUT2D eigenvalue weighted by Gasteiger charge is -2.00.